The van der Waals surface area contributed by atoms with E-state index in [4.69, 9.17) is 9.47 Å². The van der Waals surface area contributed by atoms with E-state index in [2.05, 4.69) is 37.3 Å². The van der Waals surface area contributed by atoms with E-state index in [1.54, 1.807) is 14.2 Å². The highest BCUT2D eigenvalue weighted by atomic mass is 79.9. The number of hydrogen-bond donors (Lipinski definition) is 1. The molecule has 0 bridgehead atoms. The van der Waals surface area contributed by atoms with Crippen molar-refractivity contribution in [1.29, 1.82) is 0 Å². The summed E-state index contributed by atoms with van der Waals surface area (Å²) in [6.07, 6.45) is 1.53. The predicted molar refractivity (Wildman–Crippen MR) is 94.8 cm³/mol. The standard InChI is InChI=1S/C17H16BrN3O2/c1-10-4-5-13(12(18)6-10)21-17-11-7-15(22-2)16(23-3)8-14(11)19-9-20-17/h4-9H,1-3H3,(H,19,20,21). The van der Waals surface area contributed by atoms with E-state index in [1.807, 2.05) is 31.2 Å². The average Bonchev–Trinajstić information content (AvgIpc) is 2.56. The Balaban J connectivity index is 2.10. The third-order valence-corrected chi connectivity index (χ3v) is 4.17. The highest BCUT2D eigenvalue weighted by Gasteiger charge is 2.11. The maximum absolute atomic E-state index is 5.37. The Morgan fingerprint density at radius 3 is 2.43 bits per heavy atom. The fourth-order valence-electron chi connectivity index (χ4n) is 2.33. The van der Waals surface area contributed by atoms with Gasteiger partial charge >= 0.3 is 0 Å². The number of halogens is 1. The molecule has 118 valence electrons. The first-order chi connectivity index (χ1) is 11.1. The molecule has 0 unspecified atom stereocenters. The fourth-order valence-corrected chi connectivity index (χ4v) is 2.92. The summed E-state index contributed by atoms with van der Waals surface area (Å²) in [5, 5.41) is 4.20. The van der Waals surface area contributed by atoms with Gasteiger partial charge in [0.1, 0.15) is 12.1 Å². The smallest absolute Gasteiger partial charge is 0.162 e. The largest absolute Gasteiger partial charge is 0.493 e. The molecule has 3 rings (SSSR count). The number of rotatable bonds is 4. The summed E-state index contributed by atoms with van der Waals surface area (Å²) >= 11 is 3.57. The number of benzene rings is 2. The number of nitrogens with zero attached hydrogens (tertiary/aromatic N) is 2. The molecule has 0 spiro atoms. The highest BCUT2D eigenvalue weighted by Crippen LogP contribution is 2.35. The molecule has 1 N–H and O–H groups in total. The van der Waals surface area contributed by atoms with E-state index >= 15 is 0 Å². The lowest BCUT2D eigenvalue weighted by atomic mass is 10.2. The number of methoxy groups -OCH3 is 2. The van der Waals surface area contributed by atoms with Crippen LogP contribution in [0.3, 0.4) is 0 Å². The molecular weight excluding hydrogens is 358 g/mol. The SMILES string of the molecule is COc1cc2ncnc(Nc3ccc(C)cc3Br)c2cc1OC. The molecule has 0 aliphatic carbocycles. The Labute approximate surface area is 142 Å². The topological polar surface area (TPSA) is 56.3 Å². The van der Waals surface area contributed by atoms with Crippen LogP contribution < -0.4 is 14.8 Å². The zero-order valence-corrected chi connectivity index (χ0v) is 14.6. The molecule has 1 aromatic heterocycles. The van der Waals surface area contributed by atoms with Crippen molar-refractivity contribution in [3.63, 3.8) is 0 Å². The van der Waals surface area contributed by atoms with E-state index < -0.39 is 0 Å². The molecule has 2 aromatic carbocycles. The highest BCUT2D eigenvalue weighted by molar-refractivity contribution is 9.10. The average molecular weight is 374 g/mol. The minimum atomic E-state index is 0.640. The van der Waals surface area contributed by atoms with Gasteiger partial charge in [-0.3, -0.25) is 0 Å². The van der Waals surface area contributed by atoms with Crippen molar-refractivity contribution in [3.05, 3.63) is 46.7 Å². The molecular formula is C17H16BrN3O2. The Morgan fingerprint density at radius 2 is 1.74 bits per heavy atom. The van der Waals surface area contributed by atoms with E-state index in [0.29, 0.717) is 17.3 Å². The molecule has 0 aliphatic rings. The summed E-state index contributed by atoms with van der Waals surface area (Å²) < 4.78 is 11.7. The molecule has 0 saturated carbocycles. The monoisotopic (exact) mass is 373 g/mol. The molecule has 0 saturated heterocycles. The van der Waals surface area contributed by atoms with Crippen LogP contribution in [-0.2, 0) is 0 Å². The summed E-state index contributed by atoms with van der Waals surface area (Å²) in [7, 11) is 3.21. The summed E-state index contributed by atoms with van der Waals surface area (Å²) in [5.41, 5.74) is 2.90. The first-order valence-corrected chi connectivity index (χ1v) is 7.81. The molecule has 5 nitrogen and oxygen atoms in total. The van der Waals surface area contributed by atoms with Gasteiger partial charge in [-0.25, -0.2) is 9.97 Å². The van der Waals surface area contributed by atoms with Crippen molar-refractivity contribution >= 4 is 38.3 Å². The van der Waals surface area contributed by atoms with Gasteiger partial charge in [0.25, 0.3) is 0 Å². The summed E-state index contributed by atoms with van der Waals surface area (Å²) in [4.78, 5) is 8.66. The number of nitrogens with one attached hydrogen (secondary N) is 1. The number of aromatic nitrogens is 2. The lowest BCUT2D eigenvalue weighted by Crippen LogP contribution is -1.98. The van der Waals surface area contributed by atoms with Crippen molar-refractivity contribution in [2.45, 2.75) is 6.92 Å². The van der Waals surface area contributed by atoms with Gasteiger partial charge in [-0.2, -0.15) is 0 Å². The number of fused-ring (bicyclic) bond motifs is 1. The van der Waals surface area contributed by atoms with Crippen LogP contribution in [0.25, 0.3) is 10.9 Å². The van der Waals surface area contributed by atoms with Gasteiger partial charge in [0.05, 0.1) is 25.4 Å². The second-order valence-electron chi connectivity index (χ2n) is 5.05. The van der Waals surface area contributed by atoms with Crippen molar-refractivity contribution in [1.82, 2.24) is 9.97 Å². The van der Waals surface area contributed by atoms with Crippen LogP contribution in [0.2, 0.25) is 0 Å². The molecule has 3 aromatic rings. The number of aryl methyl sites for hydroxylation is 1. The minimum Gasteiger partial charge on any atom is -0.493 e. The van der Waals surface area contributed by atoms with E-state index in [9.17, 15) is 0 Å². The summed E-state index contributed by atoms with van der Waals surface area (Å²) in [5.74, 6) is 1.99. The molecule has 1 heterocycles. The van der Waals surface area contributed by atoms with E-state index in [1.165, 1.54) is 11.9 Å². The van der Waals surface area contributed by atoms with Crippen LogP contribution in [0.5, 0.6) is 11.5 Å². The Hall–Kier alpha value is -2.34. The molecule has 0 radical (unpaired) electrons. The fraction of sp³-hybridized carbons (Fsp3) is 0.176. The summed E-state index contributed by atoms with van der Waals surface area (Å²) in [6.45, 7) is 2.05. The van der Waals surface area contributed by atoms with Gasteiger partial charge in [0.15, 0.2) is 11.5 Å². The zero-order valence-electron chi connectivity index (χ0n) is 13.1. The Kier molecular flexibility index (Phi) is 4.34. The third kappa shape index (κ3) is 3.07. The third-order valence-electron chi connectivity index (χ3n) is 3.52. The van der Waals surface area contributed by atoms with Crippen LogP contribution in [-0.4, -0.2) is 24.2 Å². The zero-order chi connectivity index (χ0) is 16.4. The van der Waals surface area contributed by atoms with Crippen molar-refractivity contribution in [2.24, 2.45) is 0 Å². The predicted octanol–water partition coefficient (Wildman–Crippen LogP) is 4.46. The van der Waals surface area contributed by atoms with Gasteiger partial charge in [-0.15, -0.1) is 0 Å². The lowest BCUT2D eigenvalue weighted by Gasteiger charge is -2.13. The minimum absolute atomic E-state index is 0.640. The molecule has 6 heteroatoms. The number of anilines is 2. The maximum Gasteiger partial charge on any atom is 0.162 e. The first kappa shape index (κ1) is 15.6. The van der Waals surface area contributed by atoms with Gasteiger partial charge in [-0.05, 0) is 46.6 Å². The maximum atomic E-state index is 5.37. The van der Waals surface area contributed by atoms with Crippen molar-refractivity contribution < 1.29 is 9.47 Å². The van der Waals surface area contributed by atoms with Crippen molar-refractivity contribution in [3.8, 4) is 11.5 Å². The molecule has 0 amide bonds. The molecule has 0 atom stereocenters. The van der Waals surface area contributed by atoms with Crippen LogP contribution in [0, 0.1) is 6.92 Å². The molecule has 0 fully saturated rings. The van der Waals surface area contributed by atoms with Gasteiger partial charge in [-0.1, -0.05) is 6.07 Å². The van der Waals surface area contributed by atoms with Crippen LogP contribution in [0.1, 0.15) is 5.56 Å². The Morgan fingerprint density at radius 1 is 1.00 bits per heavy atom. The van der Waals surface area contributed by atoms with E-state index in [0.717, 1.165) is 21.1 Å². The van der Waals surface area contributed by atoms with Crippen LogP contribution >= 0.6 is 15.9 Å². The number of hydrogen-bond acceptors (Lipinski definition) is 5. The second-order valence-corrected chi connectivity index (χ2v) is 5.91. The van der Waals surface area contributed by atoms with Crippen LogP contribution in [0.4, 0.5) is 11.5 Å². The van der Waals surface area contributed by atoms with Crippen molar-refractivity contribution in [2.75, 3.05) is 19.5 Å². The number of ether oxygens (including phenoxy) is 2. The normalized spacial score (nSPS) is 10.6. The van der Waals surface area contributed by atoms with Gasteiger partial charge < -0.3 is 14.8 Å². The molecule has 23 heavy (non-hydrogen) atoms. The lowest BCUT2D eigenvalue weighted by molar-refractivity contribution is 0.356. The van der Waals surface area contributed by atoms with Crippen LogP contribution in [0.15, 0.2) is 41.1 Å². The molecule has 0 aliphatic heterocycles. The second kappa shape index (κ2) is 6.42. The quantitative estimate of drug-likeness (QED) is 0.731. The first-order valence-electron chi connectivity index (χ1n) is 7.02. The van der Waals surface area contributed by atoms with E-state index in [-0.39, 0.29) is 0 Å². The van der Waals surface area contributed by atoms with Gasteiger partial charge in [0, 0.05) is 15.9 Å². The Bertz CT molecular complexity index is 868. The summed E-state index contributed by atoms with van der Waals surface area (Å²) in [6, 6.07) is 9.81. The van der Waals surface area contributed by atoms with Gasteiger partial charge in [0.2, 0.25) is 0 Å².